The smallest absolute Gasteiger partial charge is 0.354 e. The minimum Gasteiger partial charge on any atom is -0.464 e. The van der Waals surface area contributed by atoms with E-state index in [1.165, 1.54) is 7.11 Å². The molecule has 0 saturated heterocycles. The Bertz CT molecular complexity index is 686. The standard InChI is InChI=1S/C19H28N2O4/c1-10(2)9-15(22)21(14-7-8-14)13(5)18(23)16-11(3)17(19(24)25-6)20-12(16)4/h10,13-14,20H,7-9H2,1-6H3. The van der Waals surface area contributed by atoms with Crippen LogP contribution in [0.4, 0.5) is 0 Å². The van der Waals surface area contributed by atoms with Crippen LogP contribution in [-0.4, -0.2) is 46.7 Å². The fourth-order valence-electron chi connectivity index (χ4n) is 3.30. The third kappa shape index (κ3) is 3.94. The molecule has 1 atom stereocenters. The number of rotatable bonds is 7. The first kappa shape index (κ1) is 19.2. The molecule has 1 aromatic heterocycles. The van der Waals surface area contributed by atoms with Gasteiger partial charge in [0, 0.05) is 23.7 Å². The van der Waals surface area contributed by atoms with E-state index >= 15 is 0 Å². The zero-order valence-electron chi connectivity index (χ0n) is 15.9. The third-order valence-corrected chi connectivity index (χ3v) is 4.68. The molecule has 0 radical (unpaired) electrons. The Morgan fingerprint density at radius 1 is 1.20 bits per heavy atom. The van der Waals surface area contributed by atoms with Gasteiger partial charge in [-0.25, -0.2) is 4.79 Å². The van der Waals surface area contributed by atoms with Gasteiger partial charge in [-0.15, -0.1) is 0 Å². The number of esters is 1. The molecule has 0 bridgehead atoms. The summed E-state index contributed by atoms with van der Waals surface area (Å²) in [6.07, 6.45) is 2.33. The van der Waals surface area contributed by atoms with Crippen molar-refractivity contribution in [2.24, 2.45) is 5.92 Å². The van der Waals surface area contributed by atoms with Gasteiger partial charge in [0.25, 0.3) is 0 Å². The first-order chi connectivity index (χ1) is 11.7. The van der Waals surface area contributed by atoms with E-state index in [4.69, 9.17) is 4.74 Å². The SMILES string of the molecule is COC(=O)c1[nH]c(C)c(C(=O)C(C)N(C(=O)CC(C)C)C2CC2)c1C. The van der Waals surface area contributed by atoms with E-state index < -0.39 is 12.0 Å². The van der Waals surface area contributed by atoms with E-state index in [1.807, 2.05) is 13.8 Å². The van der Waals surface area contributed by atoms with Crippen LogP contribution in [0.2, 0.25) is 0 Å². The average Bonchev–Trinajstić information content (AvgIpc) is 3.30. The van der Waals surface area contributed by atoms with Gasteiger partial charge >= 0.3 is 5.97 Å². The van der Waals surface area contributed by atoms with E-state index in [-0.39, 0.29) is 23.7 Å². The number of hydrogen-bond acceptors (Lipinski definition) is 4. The Balaban J connectivity index is 2.31. The van der Waals surface area contributed by atoms with Gasteiger partial charge in [0.15, 0.2) is 5.78 Å². The molecular weight excluding hydrogens is 320 g/mol. The number of aromatic amines is 1. The molecule has 0 aromatic carbocycles. The molecule has 1 aliphatic rings. The van der Waals surface area contributed by atoms with Crippen LogP contribution in [-0.2, 0) is 9.53 Å². The second-order valence-corrected chi connectivity index (χ2v) is 7.29. The van der Waals surface area contributed by atoms with E-state index in [1.54, 1.807) is 25.7 Å². The lowest BCUT2D eigenvalue weighted by atomic mass is 9.99. The highest BCUT2D eigenvalue weighted by atomic mass is 16.5. The van der Waals surface area contributed by atoms with E-state index in [9.17, 15) is 14.4 Å². The summed E-state index contributed by atoms with van der Waals surface area (Å²) in [7, 11) is 1.31. The molecule has 1 aromatic rings. The fourth-order valence-corrected chi connectivity index (χ4v) is 3.30. The third-order valence-electron chi connectivity index (χ3n) is 4.68. The number of aromatic nitrogens is 1. The van der Waals surface area contributed by atoms with Crippen molar-refractivity contribution >= 4 is 17.7 Å². The molecule has 138 valence electrons. The van der Waals surface area contributed by atoms with Gasteiger partial charge < -0.3 is 14.6 Å². The van der Waals surface area contributed by atoms with Crippen LogP contribution >= 0.6 is 0 Å². The van der Waals surface area contributed by atoms with Gasteiger partial charge in [0.1, 0.15) is 5.69 Å². The number of methoxy groups -OCH3 is 1. The number of amides is 1. The number of aryl methyl sites for hydroxylation is 1. The van der Waals surface area contributed by atoms with Crippen molar-refractivity contribution in [1.82, 2.24) is 9.88 Å². The summed E-state index contributed by atoms with van der Waals surface area (Å²) in [5, 5.41) is 0. The van der Waals surface area contributed by atoms with Crippen molar-refractivity contribution < 1.29 is 19.1 Å². The Morgan fingerprint density at radius 2 is 1.80 bits per heavy atom. The average molecular weight is 348 g/mol. The molecule has 1 amide bonds. The van der Waals surface area contributed by atoms with E-state index in [2.05, 4.69) is 4.98 Å². The van der Waals surface area contributed by atoms with E-state index in [0.717, 1.165) is 12.8 Å². The quantitative estimate of drug-likeness (QED) is 0.607. The molecule has 25 heavy (non-hydrogen) atoms. The molecule has 0 spiro atoms. The van der Waals surface area contributed by atoms with Crippen molar-refractivity contribution in [2.45, 2.75) is 66.0 Å². The number of ether oxygens (including phenoxy) is 1. The van der Waals surface area contributed by atoms with E-state index in [0.29, 0.717) is 28.9 Å². The van der Waals surface area contributed by atoms with Gasteiger partial charge in [-0.3, -0.25) is 9.59 Å². The first-order valence-electron chi connectivity index (χ1n) is 8.81. The molecule has 1 saturated carbocycles. The van der Waals surface area contributed by atoms with Crippen LogP contribution in [0.3, 0.4) is 0 Å². The Kier molecular flexibility index (Phi) is 5.70. The lowest BCUT2D eigenvalue weighted by molar-refractivity contribution is -0.133. The monoisotopic (exact) mass is 348 g/mol. The Morgan fingerprint density at radius 3 is 2.28 bits per heavy atom. The van der Waals surface area contributed by atoms with Gasteiger partial charge in [0.05, 0.1) is 13.2 Å². The lowest BCUT2D eigenvalue weighted by Crippen LogP contribution is -2.45. The first-order valence-corrected chi connectivity index (χ1v) is 8.81. The predicted octanol–water partition coefficient (Wildman–Crippen LogP) is 3.03. The minimum atomic E-state index is -0.544. The maximum Gasteiger partial charge on any atom is 0.354 e. The van der Waals surface area contributed by atoms with Crippen LogP contribution in [0, 0.1) is 19.8 Å². The van der Waals surface area contributed by atoms with Gasteiger partial charge in [-0.2, -0.15) is 0 Å². The number of H-pyrrole nitrogens is 1. The highest BCUT2D eigenvalue weighted by Crippen LogP contribution is 2.32. The molecule has 1 unspecified atom stereocenters. The van der Waals surface area contributed by atoms with Crippen LogP contribution in [0.5, 0.6) is 0 Å². The Hall–Kier alpha value is -2.11. The number of nitrogens with one attached hydrogen (secondary N) is 1. The van der Waals surface area contributed by atoms with Crippen LogP contribution in [0.15, 0.2) is 0 Å². The van der Waals surface area contributed by atoms with Crippen molar-refractivity contribution in [3.8, 4) is 0 Å². The zero-order chi connectivity index (χ0) is 18.9. The summed E-state index contributed by atoms with van der Waals surface area (Å²) in [5.41, 5.74) is 1.98. The topological polar surface area (TPSA) is 79.5 Å². The normalized spacial score (nSPS) is 15.2. The second kappa shape index (κ2) is 7.42. The Labute approximate surface area is 148 Å². The molecule has 1 fully saturated rings. The molecule has 6 heteroatoms. The molecule has 2 rings (SSSR count). The minimum absolute atomic E-state index is 0.0254. The summed E-state index contributed by atoms with van der Waals surface area (Å²) in [6.45, 7) is 9.27. The van der Waals surface area contributed by atoms with Crippen molar-refractivity contribution in [3.05, 3.63) is 22.5 Å². The number of ketones is 1. The highest BCUT2D eigenvalue weighted by molar-refractivity contribution is 6.06. The molecule has 0 aliphatic heterocycles. The lowest BCUT2D eigenvalue weighted by Gasteiger charge is -2.29. The summed E-state index contributed by atoms with van der Waals surface area (Å²) < 4.78 is 4.76. The second-order valence-electron chi connectivity index (χ2n) is 7.29. The summed E-state index contributed by atoms with van der Waals surface area (Å²) >= 11 is 0. The van der Waals surface area contributed by atoms with Crippen LogP contribution in [0.25, 0.3) is 0 Å². The van der Waals surface area contributed by atoms with Gasteiger partial charge in [-0.1, -0.05) is 13.8 Å². The summed E-state index contributed by atoms with van der Waals surface area (Å²) in [5.74, 6) is -0.359. The summed E-state index contributed by atoms with van der Waals surface area (Å²) in [4.78, 5) is 42.3. The summed E-state index contributed by atoms with van der Waals surface area (Å²) in [6, 6.07) is -0.387. The molecule has 1 heterocycles. The van der Waals surface area contributed by atoms with Crippen LogP contribution in [0.1, 0.15) is 72.1 Å². The number of carbonyl (C=O) groups excluding carboxylic acids is 3. The number of hydrogen-bond donors (Lipinski definition) is 1. The maximum atomic E-state index is 13.1. The molecule has 1 aliphatic carbocycles. The zero-order valence-corrected chi connectivity index (χ0v) is 15.9. The van der Waals surface area contributed by atoms with Crippen molar-refractivity contribution in [1.29, 1.82) is 0 Å². The van der Waals surface area contributed by atoms with Crippen molar-refractivity contribution in [3.63, 3.8) is 0 Å². The largest absolute Gasteiger partial charge is 0.464 e. The van der Waals surface area contributed by atoms with Gasteiger partial charge in [-0.05, 0) is 45.1 Å². The number of carbonyl (C=O) groups is 3. The highest BCUT2D eigenvalue weighted by Gasteiger charge is 2.39. The maximum absolute atomic E-state index is 13.1. The predicted molar refractivity (Wildman–Crippen MR) is 94.7 cm³/mol. The van der Waals surface area contributed by atoms with Gasteiger partial charge in [0.2, 0.25) is 5.91 Å². The number of Topliss-reactive ketones (excluding diaryl/α,β-unsaturated/α-hetero) is 1. The fraction of sp³-hybridized carbons (Fsp3) is 0.632. The molecule has 6 nitrogen and oxygen atoms in total. The van der Waals surface area contributed by atoms with Crippen molar-refractivity contribution in [2.75, 3.05) is 7.11 Å². The number of nitrogens with zero attached hydrogens (tertiary/aromatic N) is 1. The molecule has 1 N–H and O–H groups in total. The van der Waals surface area contributed by atoms with Crippen LogP contribution < -0.4 is 0 Å². The molecular formula is C19H28N2O4.